The molecule has 1 saturated heterocycles. The number of amides is 1. The van der Waals surface area contributed by atoms with Crippen LogP contribution in [0.5, 0.6) is 5.75 Å². The molecule has 0 saturated carbocycles. The van der Waals surface area contributed by atoms with Crippen LogP contribution in [0, 0.1) is 0 Å². The second-order valence-electron chi connectivity index (χ2n) is 8.98. The van der Waals surface area contributed by atoms with E-state index in [1.165, 1.54) is 7.11 Å². The Labute approximate surface area is 232 Å². The topological polar surface area (TPSA) is 68.3 Å². The zero-order valence-corrected chi connectivity index (χ0v) is 22.9. The van der Waals surface area contributed by atoms with Gasteiger partial charge in [0.1, 0.15) is 5.75 Å². The molecule has 200 valence electrons. The van der Waals surface area contributed by atoms with Crippen LogP contribution in [0.15, 0.2) is 66.7 Å². The molecule has 9 heteroatoms. The first-order chi connectivity index (χ1) is 18.4. The molecule has 1 unspecified atom stereocenters. The fourth-order valence-electron chi connectivity index (χ4n) is 4.35. The van der Waals surface area contributed by atoms with Gasteiger partial charge in [-0.15, -0.1) is 0 Å². The van der Waals surface area contributed by atoms with Crippen molar-refractivity contribution in [3.8, 4) is 5.75 Å². The third kappa shape index (κ3) is 7.05. The van der Waals surface area contributed by atoms with Crippen LogP contribution in [0.25, 0.3) is 0 Å². The highest BCUT2D eigenvalue weighted by molar-refractivity contribution is 6.36. The van der Waals surface area contributed by atoms with Gasteiger partial charge in [-0.3, -0.25) is 9.69 Å². The summed E-state index contributed by atoms with van der Waals surface area (Å²) < 4.78 is 16.6. The molecule has 38 heavy (non-hydrogen) atoms. The minimum Gasteiger partial charge on any atom is -0.497 e. The van der Waals surface area contributed by atoms with Crippen molar-refractivity contribution in [1.29, 1.82) is 0 Å². The van der Waals surface area contributed by atoms with E-state index in [2.05, 4.69) is 4.90 Å². The third-order valence-electron chi connectivity index (χ3n) is 6.54. The standard InChI is InChI=1S/C29H30Cl2N2O5/c1-36-24-5-3-4-22(16-24)27(38-19-20-6-8-21(9-7-20)29(35)37-2)18-32-12-14-33(15-13-32)28(34)25-11-10-23(30)17-26(25)31/h3-11,16-17,27H,12-15,18-19H2,1-2H3. The maximum atomic E-state index is 13.0. The molecule has 7 nitrogen and oxygen atoms in total. The van der Waals surface area contributed by atoms with E-state index < -0.39 is 0 Å². The van der Waals surface area contributed by atoms with Crippen LogP contribution in [0.3, 0.4) is 0 Å². The summed E-state index contributed by atoms with van der Waals surface area (Å²) in [4.78, 5) is 28.8. The number of rotatable bonds is 9. The molecule has 1 fully saturated rings. The van der Waals surface area contributed by atoms with Crippen LogP contribution < -0.4 is 4.74 Å². The van der Waals surface area contributed by atoms with Gasteiger partial charge >= 0.3 is 5.97 Å². The van der Waals surface area contributed by atoms with Crippen LogP contribution in [0.2, 0.25) is 10.0 Å². The van der Waals surface area contributed by atoms with Gasteiger partial charge in [0.25, 0.3) is 5.91 Å². The van der Waals surface area contributed by atoms with Crippen LogP contribution >= 0.6 is 23.2 Å². The molecule has 1 amide bonds. The van der Waals surface area contributed by atoms with Crippen molar-refractivity contribution in [3.63, 3.8) is 0 Å². The van der Waals surface area contributed by atoms with Crippen LogP contribution in [0.4, 0.5) is 0 Å². The summed E-state index contributed by atoms with van der Waals surface area (Å²) in [5.41, 5.74) is 2.90. The van der Waals surface area contributed by atoms with Gasteiger partial charge in [0.15, 0.2) is 0 Å². The fraction of sp³-hybridized carbons (Fsp3) is 0.310. The first-order valence-corrected chi connectivity index (χ1v) is 13.0. The number of nitrogens with zero attached hydrogens (tertiary/aromatic N) is 2. The molecular weight excluding hydrogens is 527 g/mol. The number of carbonyl (C=O) groups excluding carboxylic acids is 2. The van der Waals surface area contributed by atoms with Crippen LogP contribution in [0.1, 0.15) is 37.9 Å². The van der Waals surface area contributed by atoms with E-state index in [-0.39, 0.29) is 18.0 Å². The van der Waals surface area contributed by atoms with Crippen molar-refractivity contribution >= 4 is 35.1 Å². The number of piperazine rings is 1. The second-order valence-corrected chi connectivity index (χ2v) is 9.83. The average Bonchev–Trinajstić information content (AvgIpc) is 2.95. The average molecular weight is 557 g/mol. The summed E-state index contributed by atoms with van der Waals surface area (Å²) >= 11 is 12.2. The minimum absolute atomic E-state index is 0.0951. The predicted octanol–water partition coefficient (Wildman–Crippen LogP) is 5.50. The lowest BCUT2D eigenvalue weighted by molar-refractivity contribution is 0.00332. The Balaban J connectivity index is 1.41. The molecule has 3 aromatic rings. The number of ether oxygens (including phenoxy) is 3. The highest BCUT2D eigenvalue weighted by atomic mass is 35.5. The van der Waals surface area contributed by atoms with Gasteiger partial charge in [0.05, 0.1) is 43.1 Å². The van der Waals surface area contributed by atoms with Crippen molar-refractivity contribution in [2.24, 2.45) is 0 Å². The van der Waals surface area contributed by atoms with E-state index in [9.17, 15) is 9.59 Å². The van der Waals surface area contributed by atoms with Gasteiger partial charge < -0.3 is 19.1 Å². The molecule has 0 spiro atoms. The number of methoxy groups -OCH3 is 2. The molecule has 0 aromatic heterocycles. The van der Waals surface area contributed by atoms with Crippen molar-refractivity contribution in [3.05, 3.63) is 99.0 Å². The van der Waals surface area contributed by atoms with Crippen molar-refractivity contribution < 1.29 is 23.8 Å². The lowest BCUT2D eigenvalue weighted by atomic mass is 10.1. The van der Waals surface area contributed by atoms with Crippen molar-refractivity contribution in [2.45, 2.75) is 12.7 Å². The van der Waals surface area contributed by atoms with E-state index in [1.54, 1.807) is 37.4 Å². The molecule has 4 rings (SSSR count). The van der Waals surface area contributed by atoms with E-state index in [1.807, 2.05) is 41.3 Å². The van der Waals surface area contributed by atoms with Crippen molar-refractivity contribution in [1.82, 2.24) is 9.80 Å². The van der Waals surface area contributed by atoms with E-state index in [0.717, 1.165) is 16.9 Å². The van der Waals surface area contributed by atoms with Gasteiger partial charge in [-0.1, -0.05) is 47.5 Å². The quantitative estimate of drug-likeness (QED) is 0.324. The molecule has 1 aliphatic heterocycles. The molecule has 0 bridgehead atoms. The Morgan fingerprint density at radius 2 is 1.66 bits per heavy atom. The molecule has 3 aromatic carbocycles. The van der Waals surface area contributed by atoms with Crippen LogP contribution in [-0.4, -0.2) is 68.6 Å². The molecule has 1 aliphatic rings. The molecule has 0 radical (unpaired) electrons. The summed E-state index contributed by atoms with van der Waals surface area (Å²) in [6, 6.07) is 20.0. The third-order valence-corrected chi connectivity index (χ3v) is 7.08. The Hall–Kier alpha value is -3.10. The number of benzene rings is 3. The molecule has 0 N–H and O–H groups in total. The SMILES string of the molecule is COC(=O)c1ccc(COC(CN2CCN(C(=O)c3ccc(Cl)cc3Cl)CC2)c2cccc(OC)c2)cc1. The maximum Gasteiger partial charge on any atom is 0.337 e. The summed E-state index contributed by atoms with van der Waals surface area (Å²) in [6.45, 7) is 3.59. The minimum atomic E-state index is -0.373. The largest absolute Gasteiger partial charge is 0.497 e. The smallest absolute Gasteiger partial charge is 0.337 e. The number of esters is 1. The lowest BCUT2D eigenvalue weighted by Crippen LogP contribution is -2.49. The normalized spacial score (nSPS) is 14.7. The molecule has 1 heterocycles. The summed E-state index contributed by atoms with van der Waals surface area (Å²) in [6.07, 6.45) is -0.224. The van der Waals surface area contributed by atoms with Gasteiger partial charge in [0, 0.05) is 37.7 Å². The van der Waals surface area contributed by atoms with Gasteiger partial charge in [-0.25, -0.2) is 4.79 Å². The zero-order valence-electron chi connectivity index (χ0n) is 21.4. The maximum absolute atomic E-state index is 13.0. The number of hydrogen-bond donors (Lipinski definition) is 0. The molecule has 1 atom stereocenters. The highest BCUT2D eigenvalue weighted by Gasteiger charge is 2.26. The molecular formula is C29H30Cl2N2O5. The Morgan fingerprint density at radius 1 is 0.921 bits per heavy atom. The van der Waals surface area contributed by atoms with E-state index in [0.29, 0.717) is 60.5 Å². The van der Waals surface area contributed by atoms with Crippen LogP contribution in [-0.2, 0) is 16.1 Å². The summed E-state index contributed by atoms with van der Waals surface area (Å²) in [7, 11) is 3.00. The Kier molecular flexibility index (Phi) is 9.63. The number of halogens is 2. The van der Waals surface area contributed by atoms with Gasteiger partial charge in [-0.2, -0.15) is 0 Å². The number of hydrogen-bond acceptors (Lipinski definition) is 6. The summed E-state index contributed by atoms with van der Waals surface area (Å²) in [5.74, 6) is 0.291. The van der Waals surface area contributed by atoms with Gasteiger partial charge in [-0.05, 0) is 53.6 Å². The highest BCUT2D eigenvalue weighted by Crippen LogP contribution is 2.26. The zero-order chi connectivity index (χ0) is 27.1. The lowest BCUT2D eigenvalue weighted by Gasteiger charge is -2.36. The van der Waals surface area contributed by atoms with Crippen molar-refractivity contribution in [2.75, 3.05) is 46.9 Å². The fourth-order valence-corrected chi connectivity index (χ4v) is 4.84. The monoisotopic (exact) mass is 556 g/mol. The van der Waals surface area contributed by atoms with E-state index in [4.69, 9.17) is 37.4 Å². The molecule has 0 aliphatic carbocycles. The number of carbonyl (C=O) groups is 2. The second kappa shape index (κ2) is 13.1. The summed E-state index contributed by atoms with van der Waals surface area (Å²) in [5, 5.41) is 0.857. The first-order valence-electron chi connectivity index (χ1n) is 12.3. The van der Waals surface area contributed by atoms with E-state index >= 15 is 0 Å². The first kappa shape index (κ1) is 27.9. The van der Waals surface area contributed by atoms with Gasteiger partial charge in [0.2, 0.25) is 0 Å². The Bertz CT molecular complexity index is 1260. The Morgan fingerprint density at radius 3 is 2.32 bits per heavy atom. The predicted molar refractivity (Wildman–Crippen MR) is 147 cm³/mol.